The summed E-state index contributed by atoms with van der Waals surface area (Å²) in [6, 6.07) is 0. The maximum Gasteiger partial charge on any atom is 0.0930 e. The lowest BCUT2D eigenvalue weighted by atomic mass is 9.73. The highest BCUT2D eigenvalue weighted by molar-refractivity contribution is 4.79. The van der Waals surface area contributed by atoms with Gasteiger partial charge < -0.3 is 0 Å². The standard InChI is InChI=1S/C30H58O4/c1-23-15-17-27(25(3)19-23)21-29(33-31)13-11-9-7-5-6-8-10-12-14-30(34-32)22-28-18-16-24(2)20-26(28)4/h23-32H,5-22H2,1-4H3. The average Bonchev–Trinajstić information content (AvgIpc) is 2.81. The Kier molecular flexibility index (Phi) is 15.3. The van der Waals surface area contributed by atoms with Gasteiger partial charge in [-0.2, -0.15) is 0 Å². The van der Waals surface area contributed by atoms with E-state index in [1.54, 1.807) is 0 Å². The van der Waals surface area contributed by atoms with E-state index in [-0.39, 0.29) is 12.2 Å². The Morgan fingerprint density at radius 3 is 1.24 bits per heavy atom. The quantitative estimate of drug-likeness (QED) is 0.123. The van der Waals surface area contributed by atoms with E-state index in [2.05, 4.69) is 27.7 Å². The molecule has 0 aromatic rings. The maximum absolute atomic E-state index is 9.37. The Morgan fingerprint density at radius 2 is 0.912 bits per heavy atom. The first-order valence-corrected chi connectivity index (χ1v) is 15.0. The van der Waals surface area contributed by atoms with Crippen molar-refractivity contribution in [2.45, 2.75) is 155 Å². The molecule has 8 atom stereocenters. The zero-order valence-electron chi connectivity index (χ0n) is 23.1. The first kappa shape index (κ1) is 30.1. The molecule has 2 fully saturated rings. The van der Waals surface area contributed by atoms with Crippen molar-refractivity contribution in [2.75, 3.05) is 0 Å². The predicted octanol–water partition coefficient (Wildman–Crippen LogP) is 9.53. The molecule has 0 radical (unpaired) electrons. The van der Waals surface area contributed by atoms with Gasteiger partial charge in [0.25, 0.3) is 0 Å². The molecule has 0 saturated heterocycles. The van der Waals surface area contributed by atoms with Crippen LogP contribution in [0.25, 0.3) is 0 Å². The van der Waals surface area contributed by atoms with Gasteiger partial charge >= 0.3 is 0 Å². The van der Waals surface area contributed by atoms with Gasteiger partial charge in [-0.05, 0) is 86.9 Å². The third kappa shape index (κ3) is 11.7. The lowest BCUT2D eigenvalue weighted by Gasteiger charge is -2.34. The number of hydrogen-bond donors (Lipinski definition) is 2. The number of unbranched alkanes of at least 4 members (excludes halogenated alkanes) is 7. The highest BCUT2D eigenvalue weighted by Gasteiger charge is 2.29. The van der Waals surface area contributed by atoms with Gasteiger partial charge in [-0.1, -0.05) is 91.9 Å². The van der Waals surface area contributed by atoms with Gasteiger partial charge in [-0.25, -0.2) is 9.78 Å². The Balaban J connectivity index is 1.44. The summed E-state index contributed by atoms with van der Waals surface area (Å²) in [5, 5.41) is 18.7. The molecular formula is C30H58O4. The van der Waals surface area contributed by atoms with Crippen molar-refractivity contribution in [3.8, 4) is 0 Å². The summed E-state index contributed by atoms with van der Waals surface area (Å²) in [6.07, 6.45) is 22.0. The fourth-order valence-electron chi connectivity index (χ4n) is 7.06. The van der Waals surface area contributed by atoms with Crippen LogP contribution in [0.15, 0.2) is 0 Å². The monoisotopic (exact) mass is 482 g/mol. The molecule has 0 heterocycles. The van der Waals surface area contributed by atoms with Gasteiger partial charge in [0.2, 0.25) is 0 Å². The Morgan fingerprint density at radius 1 is 0.559 bits per heavy atom. The van der Waals surface area contributed by atoms with Crippen LogP contribution in [0.2, 0.25) is 0 Å². The molecule has 4 nitrogen and oxygen atoms in total. The van der Waals surface area contributed by atoms with Crippen molar-refractivity contribution >= 4 is 0 Å². The number of rotatable bonds is 17. The Bertz CT molecular complexity index is 454. The van der Waals surface area contributed by atoms with Crippen LogP contribution >= 0.6 is 0 Å². The fourth-order valence-corrected chi connectivity index (χ4v) is 7.06. The Labute approximate surface area is 211 Å². The molecule has 8 unspecified atom stereocenters. The molecule has 0 amide bonds. The van der Waals surface area contributed by atoms with Crippen LogP contribution < -0.4 is 0 Å². The molecule has 202 valence electrons. The second-order valence-corrected chi connectivity index (χ2v) is 12.6. The molecule has 2 aliphatic rings. The first-order valence-electron chi connectivity index (χ1n) is 15.0. The molecule has 34 heavy (non-hydrogen) atoms. The van der Waals surface area contributed by atoms with E-state index in [1.807, 2.05) is 0 Å². The highest BCUT2D eigenvalue weighted by atomic mass is 17.1. The minimum atomic E-state index is 0.0301. The summed E-state index contributed by atoms with van der Waals surface area (Å²) in [7, 11) is 0. The molecule has 0 aromatic carbocycles. The van der Waals surface area contributed by atoms with E-state index in [0.29, 0.717) is 0 Å². The average molecular weight is 483 g/mol. The first-order chi connectivity index (χ1) is 16.4. The summed E-state index contributed by atoms with van der Waals surface area (Å²) in [5.74, 6) is 4.69. The van der Waals surface area contributed by atoms with Crippen LogP contribution in [-0.2, 0) is 9.78 Å². The van der Waals surface area contributed by atoms with Gasteiger partial charge in [0.05, 0.1) is 12.2 Å². The molecule has 2 N–H and O–H groups in total. The van der Waals surface area contributed by atoms with Crippen LogP contribution in [0.5, 0.6) is 0 Å². The summed E-state index contributed by atoms with van der Waals surface area (Å²) >= 11 is 0. The maximum atomic E-state index is 9.37. The van der Waals surface area contributed by atoms with E-state index < -0.39 is 0 Å². The van der Waals surface area contributed by atoms with Crippen molar-refractivity contribution in [3.05, 3.63) is 0 Å². The van der Waals surface area contributed by atoms with Gasteiger partial charge in [-0.15, -0.1) is 0 Å². The summed E-state index contributed by atoms with van der Waals surface area (Å²) in [4.78, 5) is 9.72. The second kappa shape index (κ2) is 17.3. The van der Waals surface area contributed by atoms with Crippen molar-refractivity contribution in [1.29, 1.82) is 0 Å². The summed E-state index contributed by atoms with van der Waals surface area (Å²) < 4.78 is 0. The zero-order valence-corrected chi connectivity index (χ0v) is 23.1. The minimum absolute atomic E-state index is 0.0301. The van der Waals surface area contributed by atoms with E-state index in [1.165, 1.54) is 77.0 Å². The van der Waals surface area contributed by atoms with E-state index in [0.717, 1.165) is 74.0 Å². The van der Waals surface area contributed by atoms with Crippen LogP contribution in [0.3, 0.4) is 0 Å². The van der Waals surface area contributed by atoms with Gasteiger partial charge in [0.15, 0.2) is 0 Å². The van der Waals surface area contributed by atoms with Crippen molar-refractivity contribution in [2.24, 2.45) is 35.5 Å². The molecule has 0 spiro atoms. The topological polar surface area (TPSA) is 58.9 Å². The van der Waals surface area contributed by atoms with Crippen LogP contribution in [0.4, 0.5) is 0 Å². The van der Waals surface area contributed by atoms with E-state index in [4.69, 9.17) is 9.78 Å². The van der Waals surface area contributed by atoms with Crippen molar-refractivity contribution in [1.82, 2.24) is 0 Å². The largest absolute Gasteiger partial charge is 0.252 e. The number of hydrogen-bond acceptors (Lipinski definition) is 4. The fraction of sp³-hybridized carbons (Fsp3) is 1.00. The smallest absolute Gasteiger partial charge is 0.0930 e. The molecule has 4 heteroatoms. The molecule has 0 bridgehead atoms. The van der Waals surface area contributed by atoms with Gasteiger partial charge in [-0.3, -0.25) is 10.5 Å². The molecule has 2 aliphatic carbocycles. The summed E-state index contributed by atoms with van der Waals surface area (Å²) in [6.45, 7) is 9.49. The molecular weight excluding hydrogens is 424 g/mol. The third-order valence-corrected chi connectivity index (χ3v) is 9.45. The highest BCUT2D eigenvalue weighted by Crippen LogP contribution is 2.38. The molecule has 0 aliphatic heterocycles. The predicted molar refractivity (Wildman–Crippen MR) is 142 cm³/mol. The zero-order chi connectivity index (χ0) is 24.8. The van der Waals surface area contributed by atoms with Crippen molar-refractivity contribution in [3.63, 3.8) is 0 Å². The molecule has 0 aromatic heterocycles. The summed E-state index contributed by atoms with van der Waals surface area (Å²) in [5.41, 5.74) is 0. The molecule has 2 saturated carbocycles. The van der Waals surface area contributed by atoms with Gasteiger partial charge in [0, 0.05) is 0 Å². The van der Waals surface area contributed by atoms with E-state index >= 15 is 0 Å². The van der Waals surface area contributed by atoms with E-state index in [9.17, 15) is 10.5 Å². The van der Waals surface area contributed by atoms with Crippen LogP contribution in [0.1, 0.15) is 143 Å². The second-order valence-electron chi connectivity index (χ2n) is 12.6. The molecule has 2 rings (SSSR count). The lowest BCUT2D eigenvalue weighted by Crippen LogP contribution is -2.26. The normalized spacial score (nSPS) is 31.9. The van der Waals surface area contributed by atoms with Crippen molar-refractivity contribution < 1.29 is 20.3 Å². The minimum Gasteiger partial charge on any atom is -0.252 e. The van der Waals surface area contributed by atoms with Gasteiger partial charge in [0.1, 0.15) is 0 Å². The van der Waals surface area contributed by atoms with Crippen LogP contribution in [-0.4, -0.2) is 22.7 Å². The SMILES string of the molecule is CC1CCC(CC(CCCCCCCCCCC(CC2CCC(C)CC2C)OO)OO)C(C)C1. The Hall–Kier alpha value is -0.160. The third-order valence-electron chi connectivity index (χ3n) is 9.45. The van der Waals surface area contributed by atoms with Crippen LogP contribution in [0, 0.1) is 35.5 Å². The lowest BCUT2D eigenvalue weighted by molar-refractivity contribution is -0.284.